The summed E-state index contributed by atoms with van der Waals surface area (Å²) in [5.74, 6) is 0.296. The number of benzene rings is 1. The van der Waals surface area contributed by atoms with Gasteiger partial charge in [-0.05, 0) is 30.4 Å². The molecular weight excluding hydrogens is 222 g/mol. The number of likely N-dealkylation sites (tertiary alicyclic amines) is 1. The first-order valence-corrected chi connectivity index (χ1v) is 7.15. The Labute approximate surface area is 110 Å². The van der Waals surface area contributed by atoms with E-state index in [1.165, 1.54) is 31.2 Å². The fourth-order valence-electron chi connectivity index (χ4n) is 2.57. The zero-order valence-corrected chi connectivity index (χ0v) is 11.3. The van der Waals surface area contributed by atoms with E-state index in [2.05, 4.69) is 31.2 Å². The summed E-state index contributed by atoms with van der Waals surface area (Å²) in [6, 6.07) is 8.41. The molecule has 0 atom stereocenters. The molecule has 0 radical (unpaired) electrons. The number of carbonyl (C=O) groups excluding carboxylic acids is 1. The highest BCUT2D eigenvalue weighted by Crippen LogP contribution is 2.13. The third-order valence-corrected chi connectivity index (χ3v) is 3.71. The van der Waals surface area contributed by atoms with E-state index in [0.29, 0.717) is 12.3 Å². The Morgan fingerprint density at radius 1 is 1.11 bits per heavy atom. The standard InChI is InChI=1S/C16H23NO/c1-2-14-8-7-9-15(12-14)13-16(18)17-10-5-3-4-6-11-17/h7-9,12H,2-6,10-11,13H2,1H3. The molecule has 18 heavy (non-hydrogen) atoms. The molecule has 1 saturated heterocycles. The van der Waals surface area contributed by atoms with Gasteiger partial charge in [0, 0.05) is 13.1 Å². The second-order valence-electron chi connectivity index (χ2n) is 5.15. The molecule has 1 heterocycles. The van der Waals surface area contributed by atoms with E-state index in [4.69, 9.17) is 0 Å². The predicted molar refractivity (Wildman–Crippen MR) is 74.6 cm³/mol. The van der Waals surface area contributed by atoms with Crippen molar-refractivity contribution in [2.24, 2.45) is 0 Å². The van der Waals surface area contributed by atoms with E-state index in [1.807, 2.05) is 4.90 Å². The van der Waals surface area contributed by atoms with E-state index < -0.39 is 0 Å². The summed E-state index contributed by atoms with van der Waals surface area (Å²) in [6.45, 7) is 4.05. The minimum absolute atomic E-state index is 0.296. The molecule has 0 spiro atoms. The van der Waals surface area contributed by atoms with E-state index in [1.54, 1.807) is 0 Å². The summed E-state index contributed by atoms with van der Waals surface area (Å²) in [6.07, 6.45) is 6.48. The first kappa shape index (κ1) is 13.1. The van der Waals surface area contributed by atoms with Gasteiger partial charge in [0.2, 0.25) is 5.91 Å². The molecule has 1 aromatic carbocycles. The Morgan fingerprint density at radius 2 is 1.78 bits per heavy atom. The number of nitrogens with zero attached hydrogens (tertiary/aromatic N) is 1. The zero-order chi connectivity index (χ0) is 12.8. The van der Waals surface area contributed by atoms with E-state index in [9.17, 15) is 4.79 Å². The quantitative estimate of drug-likeness (QED) is 0.801. The van der Waals surface area contributed by atoms with Crippen molar-refractivity contribution < 1.29 is 4.79 Å². The fraction of sp³-hybridized carbons (Fsp3) is 0.562. The van der Waals surface area contributed by atoms with Gasteiger partial charge in [0.25, 0.3) is 0 Å². The molecule has 1 fully saturated rings. The first-order chi connectivity index (χ1) is 8.79. The third-order valence-electron chi connectivity index (χ3n) is 3.71. The highest BCUT2D eigenvalue weighted by Gasteiger charge is 2.15. The smallest absolute Gasteiger partial charge is 0.226 e. The highest BCUT2D eigenvalue weighted by atomic mass is 16.2. The lowest BCUT2D eigenvalue weighted by Gasteiger charge is -2.20. The van der Waals surface area contributed by atoms with Crippen LogP contribution in [-0.4, -0.2) is 23.9 Å². The average molecular weight is 245 g/mol. The van der Waals surface area contributed by atoms with Crippen molar-refractivity contribution in [3.8, 4) is 0 Å². The van der Waals surface area contributed by atoms with Gasteiger partial charge in [-0.25, -0.2) is 0 Å². The van der Waals surface area contributed by atoms with Gasteiger partial charge in [-0.2, -0.15) is 0 Å². The predicted octanol–water partition coefficient (Wildman–Crippen LogP) is 3.19. The number of rotatable bonds is 3. The van der Waals surface area contributed by atoms with Gasteiger partial charge in [0.15, 0.2) is 0 Å². The molecule has 2 rings (SSSR count). The number of hydrogen-bond donors (Lipinski definition) is 0. The van der Waals surface area contributed by atoms with Crippen molar-refractivity contribution in [2.45, 2.75) is 45.4 Å². The topological polar surface area (TPSA) is 20.3 Å². The Bertz CT molecular complexity index is 392. The summed E-state index contributed by atoms with van der Waals surface area (Å²) in [7, 11) is 0. The zero-order valence-electron chi connectivity index (χ0n) is 11.3. The molecular formula is C16H23NO. The molecule has 1 aliphatic rings. The first-order valence-electron chi connectivity index (χ1n) is 7.15. The maximum atomic E-state index is 12.2. The van der Waals surface area contributed by atoms with Gasteiger partial charge in [-0.3, -0.25) is 4.79 Å². The minimum atomic E-state index is 0.296. The normalized spacial score (nSPS) is 16.4. The second-order valence-corrected chi connectivity index (χ2v) is 5.15. The lowest BCUT2D eigenvalue weighted by Crippen LogP contribution is -2.33. The number of aryl methyl sites for hydroxylation is 1. The van der Waals surface area contributed by atoms with E-state index in [-0.39, 0.29) is 0 Å². The second kappa shape index (κ2) is 6.58. The van der Waals surface area contributed by atoms with Crippen molar-refractivity contribution in [1.82, 2.24) is 4.90 Å². The van der Waals surface area contributed by atoms with Crippen molar-refractivity contribution in [3.63, 3.8) is 0 Å². The fourth-order valence-corrected chi connectivity index (χ4v) is 2.57. The summed E-state index contributed by atoms with van der Waals surface area (Å²) >= 11 is 0. The van der Waals surface area contributed by atoms with Crippen molar-refractivity contribution in [1.29, 1.82) is 0 Å². The van der Waals surface area contributed by atoms with Crippen LogP contribution in [0.2, 0.25) is 0 Å². The highest BCUT2D eigenvalue weighted by molar-refractivity contribution is 5.78. The van der Waals surface area contributed by atoms with Crippen LogP contribution in [0.1, 0.15) is 43.7 Å². The molecule has 0 aliphatic carbocycles. The summed E-state index contributed by atoms with van der Waals surface area (Å²) in [4.78, 5) is 14.3. The maximum Gasteiger partial charge on any atom is 0.226 e. The van der Waals surface area contributed by atoms with Crippen LogP contribution in [0.5, 0.6) is 0 Å². The minimum Gasteiger partial charge on any atom is -0.342 e. The molecule has 2 heteroatoms. The van der Waals surface area contributed by atoms with Crippen molar-refractivity contribution >= 4 is 5.91 Å². The molecule has 0 saturated carbocycles. The lowest BCUT2D eigenvalue weighted by atomic mass is 10.1. The molecule has 1 amide bonds. The van der Waals surface area contributed by atoms with Crippen molar-refractivity contribution in [2.75, 3.05) is 13.1 Å². The van der Waals surface area contributed by atoms with Crippen molar-refractivity contribution in [3.05, 3.63) is 35.4 Å². The molecule has 0 unspecified atom stereocenters. The number of hydrogen-bond acceptors (Lipinski definition) is 1. The monoisotopic (exact) mass is 245 g/mol. The lowest BCUT2D eigenvalue weighted by molar-refractivity contribution is -0.130. The van der Waals surface area contributed by atoms with Crippen LogP contribution in [-0.2, 0) is 17.6 Å². The Morgan fingerprint density at radius 3 is 2.44 bits per heavy atom. The van der Waals surface area contributed by atoms with Gasteiger partial charge in [0.1, 0.15) is 0 Å². The van der Waals surface area contributed by atoms with Gasteiger partial charge >= 0.3 is 0 Å². The number of carbonyl (C=O) groups is 1. The van der Waals surface area contributed by atoms with Crippen LogP contribution in [0.4, 0.5) is 0 Å². The molecule has 98 valence electrons. The molecule has 0 aromatic heterocycles. The maximum absolute atomic E-state index is 12.2. The molecule has 0 N–H and O–H groups in total. The molecule has 2 nitrogen and oxygen atoms in total. The summed E-state index contributed by atoms with van der Waals surface area (Å²) in [5.41, 5.74) is 2.47. The summed E-state index contributed by atoms with van der Waals surface area (Å²) in [5, 5.41) is 0. The van der Waals surface area contributed by atoms with E-state index >= 15 is 0 Å². The molecule has 1 aromatic rings. The van der Waals surface area contributed by atoms with Crippen LogP contribution in [0.15, 0.2) is 24.3 Å². The average Bonchev–Trinajstić information content (AvgIpc) is 2.68. The van der Waals surface area contributed by atoms with Crippen LogP contribution in [0.25, 0.3) is 0 Å². The van der Waals surface area contributed by atoms with Crippen LogP contribution < -0.4 is 0 Å². The Kier molecular flexibility index (Phi) is 4.80. The SMILES string of the molecule is CCc1cccc(CC(=O)N2CCCCCC2)c1. The third kappa shape index (κ3) is 3.59. The Balaban J connectivity index is 1.96. The Hall–Kier alpha value is -1.31. The van der Waals surface area contributed by atoms with Gasteiger partial charge in [-0.1, -0.05) is 44.0 Å². The summed E-state index contributed by atoms with van der Waals surface area (Å²) < 4.78 is 0. The van der Waals surface area contributed by atoms with Gasteiger partial charge < -0.3 is 4.90 Å². The molecule has 0 bridgehead atoms. The van der Waals surface area contributed by atoms with Crippen LogP contribution in [0, 0.1) is 0 Å². The van der Waals surface area contributed by atoms with Crippen LogP contribution in [0.3, 0.4) is 0 Å². The van der Waals surface area contributed by atoms with Gasteiger partial charge in [0.05, 0.1) is 6.42 Å². The van der Waals surface area contributed by atoms with E-state index in [0.717, 1.165) is 25.1 Å². The largest absolute Gasteiger partial charge is 0.342 e. The number of amides is 1. The van der Waals surface area contributed by atoms with Crippen LogP contribution >= 0.6 is 0 Å². The van der Waals surface area contributed by atoms with Gasteiger partial charge in [-0.15, -0.1) is 0 Å². The molecule has 1 aliphatic heterocycles.